The van der Waals surface area contributed by atoms with E-state index in [-0.39, 0.29) is 12.0 Å². The van der Waals surface area contributed by atoms with E-state index in [1.807, 2.05) is 13.0 Å². The van der Waals surface area contributed by atoms with Crippen molar-refractivity contribution in [2.75, 3.05) is 26.2 Å². The minimum atomic E-state index is -0.162. The third kappa shape index (κ3) is 4.93. The van der Waals surface area contributed by atoms with Crippen molar-refractivity contribution in [3.8, 4) is 5.75 Å². The quantitative estimate of drug-likeness (QED) is 0.795. The lowest BCUT2D eigenvalue weighted by Crippen LogP contribution is -2.42. The maximum atomic E-state index is 12.0. The van der Waals surface area contributed by atoms with Crippen LogP contribution in [-0.2, 0) is 0 Å². The normalized spacial score (nSPS) is 15.8. The molecule has 0 radical (unpaired) electrons. The molecule has 2 aromatic rings. The highest BCUT2D eigenvalue weighted by Gasteiger charge is 2.21. The van der Waals surface area contributed by atoms with Gasteiger partial charge in [0.05, 0.1) is 16.3 Å². The Kier molecular flexibility index (Phi) is 6.46. The minimum absolute atomic E-state index is 0.162. The van der Waals surface area contributed by atoms with Crippen molar-refractivity contribution in [2.24, 2.45) is 0 Å². The van der Waals surface area contributed by atoms with E-state index >= 15 is 0 Å². The molecule has 0 unspecified atom stereocenters. The second-order valence-electron chi connectivity index (χ2n) is 6.42. The largest absolute Gasteiger partial charge is 0.490 e. The van der Waals surface area contributed by atoms with Gasteiger partial charge in [-0.05, 0) is 38.0 Å². The number of carbonyl (C=O) groups excluding carboxylic acids is 1. The number of furan rings is 1. The number of halogens is 2. The van der Waals surface area contributed by atoms with Gasteiger partial charge in [0.25, 0.3) is 5.91 Å². The van der Waals surface area contributed by atoms with Crippen molar-refractivity contribution in [1.82, 2.24) is 10.2 Å². The van der Waals surface area contributed by atoms with Crippen molar-refractivity contribution in [3.63, 3.8) is 0 Å². The van der Waals surface area contributed by atoms with E-state index in [1.54, 1.807) is 18.2 Å². The van der Waals surface area contributed by atoms with Gasteiger partial charge in [-0.3, -0.25) is 4.79 Å². The Morgan fingerprint density at radius 1 is 1.27 bits per heavy atom. The van der Waals surface area contributed by atoms with E-state index in [4.69, 9.17) is 32.4 Å². The molecule has 1 aromatic carbocycles. The fraction of sp³-hybridized carbons (Fsp3) is 0.421. The fourth-order valence-electron chi connectivity index (χ4n) is 3.01. The molecule has 0 atom stereocenters. The van der Waals surface area contributed by atoms with Gasteiger partial charge < -0.3 is 19.4 Å². The van der Waals surface area contributed by atoms with Crippen LogP contribution in [0.3, 0.4) is 0 Å². The van der Waals surface area contributed by atoms with Crippen LogP contribution in [0, 0.1) is 6.92 Å². The van der Waals surface area contributed by atoms with Crippen LogP contribution >= 0.6 is 23.2 Å². The summed E-state index contributed by atoms with van der Waals surface area (Å²) in [5.74, 6) is 0.975. The molecule has 0 spiro atoms. The molecule has 1 amide bonds. The molecule has 1 N–H and O–H groups in total. The Labute approximate surface area is 163 Å². The van der Waals surface area contributed by atoms with Crippen molar-refractivity contribution in [2.45, 2.75) is 25.9 Å². The summed E-state index contributed by atoms with van der Waals surface area (Å²) in [6.45, 7) is 5.13. The summed E-state index contributed by atoms with van der Waals surface area (Å²) in [7, 11) is 0. The Hall–Kier alpha value is -1.69. The molecule has 5 nitrogen and oxygen atoms in total. The Balaban J connectivity index is 1.38. The number of nitrogens with zero attached hydrogens (tertiary/aromatic N) is 1. The third-order valence-corrected chi connectivity index (χ3v) is 5.25. The Morgan fingerprint density at radius 3 is 2.69 bits per heavy atom. The lowest BCUT2D eigenvalue weighted by atomic mass is 10.1. The zero-order valence-electron chi connectivity index (χ0n) is 14.6. The van der Waals surface area contributed by atoms with Crippen molar-refractivity contribution in [1.29, 1.82) is 0 Å². The zero-order chi connectivity index (χ0) is 18.5. The number of amides is 1. The number of piperidine rings is 1. The molecule has 1 fully saturated rings. The molecule has 1 saturated heterocycles. The van der Waals surface area contributed by atoms with Crippen molar-refractivity contribution in [3.05, 3.63) is 51.9 Å². The van der Waals surface area contributed by atoms with E-state index < -0.39 is 0 Å². The van der Waals surface area contributed by atoms with Gasteiger partial charge in [0.15, 0.2) is 5.76 Å². The summed E-state index contributed by atoms with van der Waals surface area (Å²) in [6.07, 6.45) is 3.57. The number of nitrogens with one attached hydrogen (secondary N) is 1. The smallest absolute Gasteiger partial charge is 0.287 e. The van der Waals surface area contributed by atoms with E-state index in [1.165, 1.54) is 6.26 Å². The van der Waals surface area contributed by atoms with Gasteiger partial charge in [-0.15, -0.1) is 0 Å². The van der Waals surface area contributed by atoms with E-state index in [9.17, 15) is 4.79 Å². The number of ether oxygens (including phenoxy) is 1. The SMILES string of the molecule is Cc1ccoc1C(=O)NCCN1CCC(Oc2ccc(Cl)c(Cl)c2)CC1. The van der Waals surface area contributed by atoms with Crippen molar-refractivity contribution < 1.29 is 13.9 Å². The Bertz CT molecular complexity index is 755. The van der Waals surface area contributed by atoms with Crippen LogP contribution in [0.1, 0.15) is 29.0 Å². The molecule has 3 rings (SSSR count). The predicted molar refractivity (Wildman–Crippen MR) is 102 cm³/mol. The number of hydrogen-bond donors (Lipinski definition) is 1. The zero-order valence-corrected chi connectivity index (χ0v) is 16.1. The molecule has 0 aliphatic carbocycles. The first-order chi connectivity index (χ1) is 12.5. The lowest BCUT2D eigenvalue weighted by Gasteiger charge is -2.32. The molecule has 0 saturated carbocycles. The first-order valence-corrected chi connectivity index (χ1v) is 9.45. The average molecular weight is 397 g/mol. The molecular formula is C19H22Cl2N2O3. The summed E-state index contributed by atoms with van der Waals surface area (Å²) in [4.78, 5) is 14.3. The molecule has 0 bridgehead atoms. The highest BCUT2D eigenvalue weighted by molar-refractivity contribution is 6.42. The first-order valence-electron chi connectivity index (χ1n) is 8.69. The number of likely N-dealkylation sites (tertiary alicyclic amines) is 1. The molecular weight excluding hydrogens is 375 g/mol. The summed E-state index contributed by atoms with van der Waals surface area (Å²) < 4.78 is 11.2. The third-order valence-electron chi connectivity index (χ3n) is 4.51. The van der Waals surface area contributed by atoms with Gasteiger partial charge in [-0.25, -0.2) is 0 Å². The summed E-state index contributed by atoms with van der Waals surface area (Å²) in [5, 5.41) is 3.94. The number of carbonyl (C=O) groups is 1. The molecule has 1 aliphatic rings. The molecule has 2 heterocycles. The highest BCUT2D eigenvalue weighted by atomic mass is 35.5. The fourth-order valence-corrected chi connectivity index (χ4v) is 3.29. The van der Waals surface area contributed by atoms with Gasteiger partial charge in [-0.1, -0.05) is 23.2 Å². The predicted octanol–water partition coefficient (Wildman–Crippen LogP) is 4.17. The van der Waals surface area contributed by atoms with Crippen LogP contribution in [0.2, 0.25) is 10.0 Å². The van der Waals surface area contributed by atoms with E-state index in [0.717, 1.165) is 43.8 Å². The number of rotatable bonds is 6. The van der Waals surface area contributed by atoms with E-state index in [2.05, 4.69) is 10.2 Å². The maximum absolute atomic E-state index is 12.0. The van der Waals surface area contributed by atoms with Gasteiger partial charge in [0.1, 0.15) is 11.9 Å². The average Bonchev–Trinajstić information content (AvgIpc) is 3.06. The van der Waals surface area contributed by atoms with Gasteiger partial charge in [-0.2, -0.15) is 0 Å². The van der Waals surface area contributed by atoms with Gasteiger partial charge in [0.2, 0.25) is 0 Å². The summed E-state index contributed by atoms with van der Waals surface area (Å²) in [5.41, 5.74) is 0.850. The van der Waals surface area contributed by atoms with Crippen LogP contribution in [0.5, 0.6) is 5.75 Å². The summed E-state index contributed by atoms with van der Waals surface area (Å²) in [6, 6.07) is 7.13. The minimum Gasteiger partial charge on any atom is -0.490 e. The molecule has 140 valence electrons. The molecule has 26 heavy (non-hydrogen) atoms. The van der Waals surface area contributed by atoms with Crippen LogP contribution < -0.4 is 10.1 Å². The number of benzene rings is 1. The second-order valence-corrected chi connectivity index (χ2v) is 7.24. The van der Waals surface area contributed by atoms with E-state index in [0.29, 0.717) is 22.4 Å². The molecule has 1 aromatic heterocycles. The van der Waals surface area contributed by atoms with Gasteiger partial charge in [0, 0.05) is 37.8 Å². The Morgan fingerprint density at radius 2 is 2.04 bits per heavy atom. The lowest BCUT2D eigenvalue weighted by molar-refractivity contribution is 0.0884. The number of aryl methyl sites for hydroxylation is 1. The van der Waals surface area contributed by atoms with Gasteiger partial charge >= 0.3 is 0 Å². The second kappa shape index (κ2) is 8.80. The standard InChI is InChI=1S/C19H22Cl2N2O3/c1-13-6-11-25-18(13)19(24)22-7-10-23-8-4-14(5-9-23)26-15-2-3-16(20)17(21)12-15/h2-3,6,11-12,14H,4-5,7-10H2,1H3,(H,22,24). The van der Waals surface area contributed by atoms with Crippen LogP contribution in [0.4, 0.5) is 0 Å². The van der Waals surface area contributed by atoms with Crippen LogP contribution in [-0.4, -0.2) is 43.1 Å². The van der Waals surface area contributed by atoms with Crippen LogP contribution in [0.25, 0.3) is 0 Å². The van der Waals surface area contributed by atoms with Crippen LogP contribution in [0.15, 0.2) is 34.9 Å². The summed E-state index contributed by atoms with van der Waals surface area (Å²) >= 11 is 11.9. The molecule has 7 heteroatoms. The topological polar surface area (TPSA) is 54.7 Å². The highest BCUT2D eigenvalue weighted by Crippen LogP contribution is 2.28. The molecule has 1 aliphatic heterocycles. The maximum Gasteiger partial charge on any atom is 0.287 e. The first kappa shape index (κ1) is 19.1. The monoisotopic (exact) mass is 396 g/mol. The number of hydrogen-bond acceptors (Lipinski definition) is 4. The van der Waals surface area contributed by atoms with Crippen molar-refractivity contribution >= 4 is 29.1 Å².